The highest BCUT2D eigenvalue weighted by Gasteiger charge is 2.18. The Hall–Kier alpha value is -8.15. The number of nitrogens with zero attached hydrogens (tertiary/aromatic N) is 5. The number of hydrogen-bond donors (Lipinski definition) is 0. The fraction of sp³-hybridized carbons (Fsp3) is 0.304. The zero-order valence-electron chi connectivity index (χ0n) is 53.6. The maximum Gasteiger partial charge on any atom is 0.0705 e. The van der Waals surface area contributed by atoms with E-state index in [0.717, 1.165) is 27.8 Å². The first-order valence-corrected chi connectivity index (χ1v) is 29.7. The highest BCUT2D eigenvalue weighted by molar-refractivity contribution is 5.84. The number of pyridine rings is 5. The molecule has 5 heterocycles. The van der Waals surface area contributed by atoms with E-state index in [0.29, 0.717) is 0 Å². The van der Waals surface area contributed by atoms with Crippen LogP contribution >= 0.6 is 0 Å². The van der Waals surface area contributed by atoms with E-state index >= 15 is 0 Å². The molecule has 5 aromatic heterocycles. The van der Waals surface area contributed by atoms with Gasteiger partial charge in [0.2, 0.25) is 0 Å². The summed E-state index contributed by atoms with van der Waals surface area (Å²) < 4.78 is 0. The molecule has 432 valence electrons. The lowest BCUT2D eigenvalue weighted by molar-refractivity contribution is 0.571. The Morgan fingerprint density at radius 2 is 0.607 bits per heavy atom. The van der Waals surface area contributed by atoms with Crippen LogP contribution in [0.1, 0.15) is 158 Å². The fourth-order valence-corrected chi connectivity index (χ4v) is 9.25. The molecule has 0 atom stereocenters. The SMILES string of the molecule is CC(C)(C)c1ccc2ccccc2c1.CC(C)(C)c1ccc2ccccc2n1.CC(C)(C)c1ccc2cccnc2c1.CC(C)(C)c1ccc2ccncc2c1.CC(C)(C)c1ccc2ncccc2c1.CC(C)(C)c1cnc2ccccc2c1. The van der Waals surface area contributed by atoms with Gasteiger partial charge in [0.1, 0.15) is 0 Å². The fourth-order valence-electron chi connectivity index (χ4n) is 9.25. The maximum atomic E-state index is 4.65. The summed E-state index contributed by atoms with van der Waals surface area (Å²) in [5.74, 6) is 0. The molecule has 0 aliphatic heterocycles. The Balaban J connectivity index is 0.000000145. The van der Waals surface area contributed by atoms with Crippen LogP contribution in [0.2, 0.25) is 0 Å². The Kier molecular flexibility index (Phi) is 20.1. The van der Waals surface area contributed by atoms with E-state index in [1.807, 2.05) is 73.4 Å². The second-order valence-electron chi connectivity index (χ2n) is 28.1. The van der Waals surface area contributed by atoms with Crippen molar-refractivity contribution in [3.63, 3.8) is 0 Å². The average molecular weight is 1110 g/mol. The van der Waals surface area contributed by atoms with Gasteiger partial charge in [0.15, 0.2) is 0 Å². The van der Waals surface area contributed by atoms with Gasteiger partial charge in [0.05, 0.1) is 22.1 Å². The van der Waals surface area contributed by atoms with Gasteiger partial charge in [-0.3, -0.25) is 24.9 Å². The molecule has 12 aromatic rings. The number of rotatable bonds is 0. The summed E-state index contributed by atoms with van der Waals surface area (Å²) in [5.41, 5.74) is 13.4. The van der Waals surface area contributed by atoms with Crippen LogP contribution in [0.4, 0.5) is 0 Å². The molecule has 0 aliphatic rings. The summed E-state index contributed by atoms with van der Waals surface area (Å²) in [6.07, 6.45) is 9.40. The van der Waals surface area contributed by atoms with Crippen molar-refractivity contribution in [3.8, 4) is 0 Å². The van der Waals surface area contributed by atoms with Crippen molar-refractivity contribution in [1.82, 2.24) is 24.9 Å². The van der Waals surface area contributed by atoms with Crippen LogP contribution in [-0.4, -0.2) is 24.9 Å². The zero-order valence-corrected chi connectivity index (χ0v) is 53.6. The first-order valence-electron chi connectivity index (χ1n) is 29.7. The molecule has 5 heteroatoms. The van der Waals surface area contributed by atoms with Gasteiger partial charge in [-0.05, 0) is 138 Å². The van der Waals surface area contributed by atoms with Gasteiger partial charge >= 0.3 is 0 Å². The summed E-state index contributed by atoms with van der Waals surface area (Å²) in [4.78, 5) is 21.9. The third-order valence-electron chi connectivity index (χ3n) is 14.9. The second kappa shape index (κ2) is 26.6. The molecule has 0 saturated heterocycles. The van der Waals surface area contributed by atoms with Crippen molar-refractivity contribution in [2.24, 2.45) is 0 Å². The number of hydrogen-bond acceptors (Lipinski definition) is 5. The molecule has 84 heavy (non-hydrogen) atoms. The molecule has 5 nitrogen and oxygen atoms in total. The third-order valence-corrected chi connectivity index (χ3v) is 14.9. The zero-order chi connectivity index (χ0) is 61.1. The second-order valence-corrected chi connectivity index (χ2v) is 28.1. The van der Waals surface area contributed by atoms with Crippen molar-refractivity contribution >= 4 is 65.2 Å². The normalized spacial score (nSPS) is 11.9. The summed E-state index contributed by atoms with van der Waals surface area (Å²) in [6.45, 7) is 39.9. The molecule has 12 rings (SSSR count). The molecule has 0 N–H and O–H groups in total. The lowest BCUT2D eigenvalue weighted by Gasteiger charge is -2.19. The van der Waals surface area contributed by atoms with Gasteiger partial charge in [-0.25, -0.2) is 0 Å². The summed E-state index contributed by atoms with van der Waals surface area (Å²) >= 11 is 0. The average Bonchev–Trinajstić information content (AvgIpc) is 3.65. The van der Waals surface area contributed by atoms with Crippen LogP contribution in [0.3, 0.4) is 0 Å². The van der Waals surface area contributed by atoms with E-state index in [1.165, 1.54) is 70.9 Å². The van der Waals surface area contributed by atoms with E-state index in [2.05, 4.69) is 301 Å². The largest absolute Gasteiger partial charge is 0.264 e. The first kappa shape index (κ1) is 63.4. The highest BCUT2D eigenvalue weighted by atomic mass is 14.7. The minimum Gasteiger partial charge on any atom is -0.264 e. The van der Waals surface area contributed by atoms with Gasteiger partial charge in [0, 0.05) is 69.0 Å². The Bertz CT molecular complexity index is 3400. The Labute approximate surface area is 503 Å². The van der Waals surface area contributed by atoms with Crippen molar-refractivity contribution in [3.05, 3.63) is 259 Å². The Morgan fingerprint density at radius 3 is 1.18 bits per heavy atom. The van der Waals surface area contributed by atoms with Gasteiger partial charge in [-0.1, -0.05) is 252 Å². The molecule has 0 bridgehead atoms. The minimum absolute atomic E-state index is 0.129. The summed E-state index contributed by atoms with van der Waals surface area (Å²) in [7, 11) is 0. The summed E-state index contributed by atoms with van der Waals surface area (Å²) in [5, 5.41) is 9.99. The molecule has 0 saturated carbocycles. The molecule has 0 aliphatic carbocycles. The monoisotopic (exact) mass is 1110 g/mol. The molecular formula is C79H91N5. The van der Waals surface area contributed by atoms with Crippen LogP contribution in [0.15, 0.2) is 225 Å². The van der Waals surface area contributed by atoms with E-state index < -0.39 is 0 Å². The van der Waals surface area contributed by atoms with Crippen LogP contribution < -0.4 is 0 Å². The van der Waals surface area contributed by atoms with Crippen LogP contribution in [-0.2, 0) is 32.5 Å². The van der Waals surface area contributed by atoms with E-state index in [4.69, 9.17) is 0 Å². The predicted molar refractivity (Wildman–Crippen MR) is 365 cm³/mol. The van der Waals surface area contributed by atoms with Gasteiger partial charge in [-0.2, -0.15) is 0 Å². The highest BCUT2D eigenvalue weighted by Crippen LogP contribution is 2.30. The topological polar surface area (TPSA) is 64.5 Å². The third kappa shape index (κ3) is 17.9. The molecule has 0 radical (unpaired) electrons. The van der Waals surface area contributed by atoms with Gasteiger partial charge < -0.3 is 0 Å². The van der Waals surface area contributed by atoms with Gasteiger partial charge in [-0.15, -0.1) is 0 Å². The number of benzene rings is 7. The van der Waals surface area contributed by atoms with Crippen LogP contribution in [0, 0.1) is 0 Å². The molecule has 0 amide bonds. The van der Waals surface area contributed by atoms with Crippen molar-refractivity contribution in [2.45, 2.75) is 157 Å². The first-order chi connectivity index (χ1) is 39.4. The lowest BCUT2D eigenvalue weighted by Crippen LogP contribution is -2.13. The minimum atomic E-state index is 0.129. The van der Waals surface area contributed by atoms with E-state index in [-0.39, 0.29) is 32.5 Å². The maximum absolute atomic E-state index is 4.65. The van der Waals surface area contributed by atoms with Crippen molar-refractivity contribution in [1.29, 1.82) is 0 Å². The number of para-hydroxylation sites is 2. The van der Waals surface area contributed by atoms with Crippen LogP contribution in [0.5, 0.6) is 0 Å². The molecular weight excluding hydrogens is 1020 g/mol. The predicted octanol–water partition coefficient (Wildman–Crippen LogP) is 21.8. The number of fused-ring (bicyclic) bond motifs is 6. The molecule has 0 unspecified atom stereocenters. The van der Waals surface area contributed by atoms with Gasteiger partial charge in [0.25, 0.3) is 0 Å². The summed E-state index contributed by atoms with van der Waals surface area (Å²) in [6, 6.07) is 67.9. The van der Waals surface area contributed by atoms with Crippen molar-refractivity contribution < 1.29 is 0 Å². The lowest BCUT2D eigenvalue weighted by atomic mass is 9.86. The molecule has 0 spiro atoms. The van der Waals surface area contributed by atoms with E-state index in [1.54, 1.807) is 0 Å². The van der Waals surface area contributed by atoms with Crippen LogP contribution in [0.25, 0.3) is 65.2 Å². The smallest absolute Gasteiger partial charge is 0.0705 e. The van der Waals surface area contributed by atoms with Crippen molar-refractivity contribution in [2.75, 3.05) is 0 Å². The van der Waals surface area contributed by atoms with E-state index in [9.17, 15) is 0 Å². The molecule has 0 fully saturated rings. The Morgan fingerprint density at radius 1 is 0.226 bits per heavy atom. The number of aromatic nitrogens is 5. The standard InChI is InChI=1S/C14H16.5C13H15N/c1-14(2,3)13-9-8-11-6-4-5-7-12(11)10-13;1-13(2,3)12-5-4-10-6-7-14-9-11(10)8-12;1-13(2,3)11-6-7-12-10(9-11)5-4-8-14-12;1-13(2,3)11-7-6-10-5-4-8-14-12(10)9-11;1-13(2,3)11-8-10-6-4-5-7-12(10)14-9-11;1-13(2,3)12-9-8-10-6-4-5-7-11(10)14-12/h4-10H,1-3H3;5*4-9H,1-3H3. The molecule has 7 aromatic carbocycles. The quantitative estimate of drug-likeness (QED) is 0.151.